The van der Waals surface area contributed by atoms with Crippen molar-refractivity contribution in [3.05, 3.63) is 0 Å². The fraction of sp³-hybridized carbons (Fsp3) is 0.900. The minimum atomic E-state index is -5.54. The van der Waals surface area contributed by atoms with Crippen molar-refractivity contribution in [2.45, 2.75) is 94.3 Å². The molecule has 1 aliphatic carbocycles. The molecule has 0 amide bonds. The summed E-state index contributed by atoms with van der Waals surface area (Å²) in [6.07, 6.45) is -4.83. The Morgan fingerprint density at radius 1 is 0.909 bits per heavy atom. The minimum absolute atomic E-state index is 0.239. The highest BCUT2D eigenvalue weighted by atomic mass is 32.1. The molecule has 0 heterocycles. The van der Waals surface area contributed by atoms with Crippen LogP contribution in [-0.4, -0.2) is 48.3 Å². The fourth-order valence-electron chi connectivity index (χ4n) is 3.17. The van der Waals surface area contributed by atoms with Gasteiger partial charge in [0, 0.05) is 6.42 Å². The van der Waals surface area contributed by atoms with Gasteiger partial charge in [0.2, 0.25) is 0 Å². The molecule has 1 rings (SSSR count). The van der Waals surface area contributed by atoms with Crippen LogP contribution in [0.5, 0.6) is 0 Å². The van der Waals surface area contributed by atoms with Crippen LogP contribution in [0.1, 0.15) is 71.1 Å². The molecule has 1 aliphatic rings. The van der Waals surface area contributed by atoms with Gasteiger partial charge in [-0.05, 0) is 32.1 Å². The van der Waals surface area contributed by atoms with Crippen molar-refractivity contribution in [2.75, 3.05) is 13.2 Å². The second kappa shape index (κ2) is 12.5. The number of unbranched alkanes of at least 4 members (excludes halogenated alkanes) is 2. The molecular formula is C20H29F7O5S. The van der Waals surface area contributed by atoms with Crippen molar-refractivity contribution in [1.82, 2.24) is 0 Å². The zero-order chi connectivity index (χ0) is 25.3. The highest BCUT2D eigenvalue weighted by Gasteiger charge is 2.68. The van der Waals surface area contributed by atoms with Crippen molar-refractivity contribution in [2.24, 2.45) is 5.92 Å². The number of alkyl halides is 7. The first-order valence-electron chi connectivity index (χ1n) is 10.8. The maximum absolute atomic E-state index is 14.0. The molecule has 1 fully saturated rings. The Bertz CT molecular complexity index is 633. The minimum Gasteiger partial charge on any atom is -0.461 e. The van der Waals surface area contributed by atoms with Gasteiger partial charge in [-0.1, -0.05) is 45.2 Å². The number of esters is 2. The van der Waals surface area contributed by atoms with Crippen LogP contribution >= 0.6 is 12.6 Å². The maximum Gasteiger partial charge on any atom is 0.468 e. The highest BCUT2D eigenvalue weighted by molar-refractivity contribution is 7.81. The second-order valence-corrected chi connectivity index (χ2v) is 8.47. The monoisotopic (exact) mass is 514 g/mol. The zero-order valence-corrected chi connectivity index (χ0v) is 19.1. The summed E-state index contributed by atoms with van der Waals surface area (Å²) < 4.78 is 108. The molecule has 0 radical (unpaired) electrons. The SMILES string of the molecule is CCCCOC(=O)C(OCCCCC(F)(F)C(F)(F)S)(OC(=O)C1CCCCC1)C(F)(F)F. The Morgan fingerprint density at radius 3 is 2.03 bits per heavy atom. The fourth-order valence-corrected chi connectivity index (χ4v) is 3.28. The lowest BCUT2D eigenvalue weighted by atomic mass is 9.89. The van der Waals surface area contributed by atoms with E-state index in [9.17, 15) is 40.3 Å². The molecule has 1 saturated carbocycles. The third-order valence-electron chi connectivity index (χ3n) is 5.19. The summed E-state index contributed by atoms with van der Waals surface area (Å²) in [6, 6.07) is 0. The van der Waals surface area contributed by atoms with Crippen molar-refractivity contribution in [3.63, 3.8) is 0 Å². The van der Waals surface area contributed by atoms with Crippen LogP contribution in [0.3, 0.4) is 0 Å². The molecule has 0 aromatic carbocycles. The van der Waals surface area contributed by atoms with E-state index in [1.807, 2.05) is 0 Å². The van der Waals surface area contributed by atoms with Crippen molar-refractivity contribution < 1.29 is 54.5 Å². The number of ether oxygens (including phenoxy) is 3. The summed E-state index contributed by atoms with van der Waals surface area (Å²) in [4.78, 5) is 24.8. The van der Waals surface area contributed by atoms with E-state index in [1.165, 1.54) is 0 Å². The average Bonchev–Trinajstić information content (AvgIpc) is 2.71. The van der Waals surface area contributed by atoms with Crippen LogP contribution < -0.4 is 0 Å². The molecule has 1 atom stereocenters. The van der Waals surface area contributed by atoms with Gasteiger partial charge in [0.1, 0.15) is 0 Å². The number of hydrogen-bond acceptors (Lipinski definition) is 6. The summed E-state index contributed by atoms with van der Waals surface area (Å²) in [5, 5.41) is -4.61. The van der Waals surface area contributed by atoms with Crippen LogP contribution in [0.2, 0.25) is 0 Å². The van der Waals surface area contributed by atoms with Gasteiger partial charge in [-0.15, -0.1) is 0 Å². The van der Waals surface area contributed by atoms with Crippen molar-refractivity contribution in [3.8, 4) is 0 Å². The quantitative estimate of drug-likeness (QED) is 0.107. The Balaban J connectivity index is 2.96. The van der Waals surface area contributed by atoms with Gasteiger partial charge in [0.25, 0.3) is 0 Å². The predicted octanol–water partition coefficient (Wildman–Crippen LogP) is 6.06. The van der Waals surface area contributed by atoms with E-state index in [2.05, 4.69) is 26.8 Å². The largest absolute Gasteiger partial charge is 0.468 e. The van der Waals surface area contributed by atoms with Crippen LogP contribution in [0.25, 0.3) is 0 Å². The first-order valence-corrected chi connectivity index (χ1v) is 11.2. The van der Waals surface area contributed by atoms with Gasteiger partial charge >= 0.3 is 35.1 Å². The molecule has 13 heteroatoms. The number of halogens is 7. The lowest BCUT2D eigenvalue weighted by Gasteiger charge is -2.34. The normalized spacial score (nSPS) is 18.0. The van der Waals surface area contributed by atoms with Crippen LogP contribution in [0, 0.1) is 5.92 Å². The molecule has 5 nitrogen and oxygen atoms in total. The smallest absolute Gasteiger partial charge is 0.461 e. The molecule has 0 aromatic heterocycles. The predicted molar refractivity (Wildman–Crippen MR) is 106 cm³/mol. The van der Waals surface area contributed by atoms with Gasteiger partial charge in [0.05, 0.1) is 19.1 Å². The van der Waals surface area contributed by atoms with E-state index < -0.39 is 66.9 Å². The molecule has 0 saturated heterocycles. The number of hydrogen-bond donors (Lipinski definition) is 1. The Hall–Kier alpha value is -1.24. The van der Waals surface area contributed by atoms with E-state index in [0.29, 0.717) is 19.3 Å². The summed E-state index contributed by atoms with van der Waals surface area (Å²) in [5.41, 5.74) is 0. The van der Waals surface area contributed by atoms with E-state index in [0.717, 1.165) is 6.42 Å². The molecular weight excluding hydrogens is 485 g/mol. The van der Waals surface area contributed by atoms with Gasteiger partial charge in [0.15, 0.2) is 0 Å². The molecule has 0 spiro atoms. The summed E-state index contributed by atoms with van der Waals surface area (Å²) >= 11 is 2.52. The first-order chi connectivity index (χ1) is 15.2. The van der Waals surface area contributed by atoms with Gasteiger partial charge in [-0.2, -0.15) is 30.7 Å². The molecule has 0 aliphatic heterocycles. The Kier molecular flexibility index (Phi) is 11.2. The third kappa shape index (κ3) is 8.48. The number of carbonyl (C=O) groups excluding carboxylic acids is 2. The van der Waals surface area contributed by atoms with Crippen molar-refractivity contribution >= 4 is 24.6 Å². The van der Waals surface area contributed by atoms with Gasteiger partial charge in [-0.25, -0.2) is 4.79 Å². The average molecular weight is 515 g/mol. The lowest BCUT2D eigenvalue weighted by Crippen LogP contribution is -2.59. The lowest BCUT2D eigenvalue weighted by molar-refractivity contribution is -0.357. The zero-order valence-electron chi connectivity index (χ0n) is 18.2. The molecule has 33 heavy (non-hydrogen) atoms. The van der Waals surface area contributed by atoms with E-state index in [4.69, 9.17) is 0 Å². The van der Waals surface area contributed by atoms with Crippen molar-refractivity contribution in [1.29, 1.82) is 0 Å². The molecule has 0 N–H and O–H groups in total. The van der Waals surface area contributed by atoms with E-state index in [1.54, 1.807) is 6.92 Å². The summed E-state index contributed by atoms with van der Waals surface area (Å²) in [5.74, 6) is -12.7. The van der Waals surface area contributed by atoms with Crippen LogP contribution in [0.15, 0.2) is 0 Å². The number of carbonyl (C=O) groups is 2. The Morgan fingerprint density at radius 2 is 1.52 bits per heavy atom. The summed E-state index contributed by atoms with van der Waals surface area (Å²) in [6.45, 7) is 0.337. The molecule has 1 unspecified atom stereocenters. The van der Waals surface area contributed by atoms with Crippen LogP contribution in [-0.2, 0) is 23.8 Å². The molecule has 0 aromatic rings. The standard InChI is InChI=1S/C20H29F7O5S/c1-2-3-12-30-16(29)18(19(23,24)25,32-15(28)14-9-5-4-6-10-14)31-13-8-7-11-17(21,22)20(26,27)33/h14,33H,2-13H2,1H3. The van der Waals surface area contributed by atoms with E-state index >= 15 is 0 Å². The Labute approximate surface area is 193 Å². The highest BCUT2D eigenvalue weighted by Crippen LogP contribution is 2.41. The van der Waals surface area contributed by atoms with Gasteiger partial charge in [-0.3, -0.25) is 4.79 Å². The van der Waals surface area contributed by atoms with Gasteiger partial charge < -0.3 is 14.2 Å². The van der Waals surface area contributed by atoms with E-state index in [-0.39, 0.29) is 25.9 Å². The maximum atomic E-state index is 14.0. The molecule has 194 valence electrons. The first kappa shape index (κ1) is 29.8. The second-order valence-electron chi connectivity index (χ2n) is 7.91. The number of rotatable bonds is 13. The third-order valence-corrected chi connectivity index (χ3v) is 5.51. The number of thiol groups is 1. The van der Waals surface area contributed by atoms with Crippen LogP contribution in [0.4, 0.5) is 30.7 Å². The molecule has 0 bridgehead atoms. The topological polar surface area (TPSA) is 61.8 Å². The summed E-state index contributed by atoms with van der Waals surface area (Å²) in [7, 11) is 0.